The van der Waals surface area contributed by atoms with E-state index in [2.05, 4.69) is 11.9 Å². The second-order valence-electron chi connectivity index (χ2n) is 6.30. The van der Waals surface area contributed by atoms with Crippen LogP contribution < -0.4 is 0 Å². The van der Waals surface area contributed by atoms with E-state index in [-0.39, 0.29) is 24.4 Å². The third-order valence-electron chi connectivity index (χ3n) is 4.59. The van der Waals surface area contributed by atoms with Crippen LogP contribution in [0.25, 0.3) is 0 Å². The molecular formula is C18H22FN3O2. The summed E-state index contributed by atoms with van der Waals surface area (Å²) in [7, 11) is 1.88. The lowest BCUT2D eigenvalue weighted by Gasteiger charge is -2.27. The molecule has 128 valence electrons. The first-order valence-electron chi connectivity index (χ1n) is 8.15. The molecular weight excluding hydrogens is 309 g/mol. The maximum atomic E-state index is 13.5. The maximum absolute atomic E-state index is 13.5. The van der Waals surface area contributed by atoms with Crippen LogP contribution in [0.2, 0.25) is 0 Å². The van der Waals surface area contributed by atoms with Gasteiger partial charge < -0.3 is 14.2 Å². The molecule has 1 aromatic heterocycles. The number of hydrogen-bond acceptors (Lipinski definition) is 3. The van der Waals surface area contributed by atoms with Gasteiger partial charge in [0.1, 0.15) is 24.9 Å². The Morgan fingerprint density at radius 2 is 2.29 bits per heavy atom. The lowest BCUT2D eigenvalue weighted by molar-refractivity contribution is -0.138. The van der Waals surface area contributed by atoms with E-state index >= 15 is 0 Å². The van der Waals surface area contributed by atoms with Gasteiger partial charge in [-0.3, -0.25) is 4.79 Å². The van der Waals surface area contributed by atoms with Gasteiger partial charge in [-0.2, -0.15) is 0 Å². The number of nitrogens with zero attached hydrogens (tertiary/aromatic N) is 3. The van der Waals surface area contributed by atoms with Gasteiger partial charge in [0.2, 0.25) is 5.91 Å². The highest BCUT2D eigenvalue weighted by Crippen LogP contribution is 2.37. The molecule has 1 aliphatic rings. The third-order valence-corrected chi connectivity index (χ3v) is 4.59. The summed E-state index contributed by atoms with van der Waals surface area (Å²) in [6.45, 7) is 3.07. The van der Waals surface area contributed by atoms with E-state index in [4.69, 9.17) is 4.74 Å². The molecule has 2 atom stereocenters. The Bertz CT molecular complexity index is 716. The van der Waals surface area contributed by atoms with E-state index in [9.17, 15) is 9.18 Å². The van der Waals surface area contributed by atoms with E-state index in [1.165, 1.54) is 12.1 Å². The molecule has 0 aliphatic carbocycles. The number of benzene rings is 1. The summed E-state index contributed by atoms with van der Waals surface area (Å²) in [6.07, 6.45) is 4.44. The molecule has 0 spiro atoms. The van der Waals surface area contributed by atoms with Crippen molar-refractivity contribution in [2.45, 2.75) is 26.0 Å². The van der Waals surface area contributed by atoms with Crippen LogP contribution in [0, 0.1) is 11.7 Å². The predicted molar refractivity (Wildman–Crippen MR) is 87.5 cm³/mol. The molecule has 0 N–H and O–H groups in total. The van der Waals surface area contributed by atoms with Crippen LogP contribution in [0.15, 0.2) is 36.7 Å². The van der Waals surface area contributed by atoms with E-state index in [0.717, 1.165) is 17.8 Å². The predicted octanol–water partition coefficient (Wildman–Crippen LogP) is 2.69. The first kappa shape index (κ1) is 16.6. The molecule has 1 saturated heterocycles. The van der Waals surface area contributed by atoms with Gasteiger partial charge in [-0.1, -0.05) is 19.1 Å². The fourth-order valence-electron chi connectivity index (χ4n) is 3.27. The summed E-state index contributed by atoms with van der Waals surface area (Å²) in [5.41, 5.74) is 0.845. The van der Waals surface area contributed by atoms with E-state index in [1.807, 2.05) is 23.9 Å². The molecule has 1 fully saturated rings. The van der Waals surface area contributed by atoms with E-state index < -0.39 is 0 Å². The first-order chi connectivity index (χ1) is 11.6. The van der Waals surface area contributed by atoms with Crippen molar-refractivity contribution in [3.8, 4) is 0 Å². The zero-order valence-corrected chi connectivity index (χ0v) is 14.0. The number of amides is 1. The molecule has 2 heterocycles. The second kappa shape index (κ2) is 7.13. The molecule has 0 radical (unpaired) electrons. The normalized spacial score (nSPS) is 20.5. The number of carbonyl (C=O) groups is 1. The molecule has 2 unspecified atom stereocenters. The Kier molecular flexibility index (Phi) is 4.94. The first-order valence-corrected chi connectivity index (χ1v) is 8.15. The summed E-state index contributed by atoms with van der Waals surface area (Å²) in [5, 5.41) is 0. The molecule has 0 saturated carbocycles. The summed E-state index contributed by atoms with van der Waals surface area (Å²) >= 11 is 0. The average molecular weight is 331 g/mol. The number of rotatable bonds is 5. The van der Waals surface area contributed by atoms with Gasteiger partial charge in [0, 0.05) is 26.0 Å². The van der Waals surface area contributed by atoms with Crippen LogP contribution in [-0.2, 0) is 23.2 Å². The highest BCUT2D eigenvalue weighted by atomic mass is 19.1. The van der Waals surface area contributed by atoms with E-state index in [0.29, 0.717) is 19.1 Å². The van der Waals surface area contributed by atoms with Crippen molar-refractivity contribution in [1.82, 2.24) is 14.5 Å². The number of carbonyl (C=O) groups excluding carboxylic acids is 1. The average Bonchev–Trinajstić information content (AvgIpc) is 3.13. The van der Waals surface area contributed by atoms with Crippen molar-refractivity contribution in [2.24, 2.45) is 13.0 Å². The van der Waals surface area contributed by atoms with Crippen LogP contribution in [0.3, 0.4) is 0 Å². The highest BCUT2D eigenvalue weighted by molar-refractivity contribution is 5.78. The van der Waals surface area contributed by atoms with Gasteiger partial charge in [-0.05, 0) is 30.0 Å². The van der Waals surface area contributed by atoms with Gasteiger partial charge in [0.15, 0.2) is 0 Å². The minimum absolute atomic E-state index is 0.00535. The summed E-state index contributed by atoms with van der Waals surface area (Å²) in [6, 6.07) is 6.41. The van der Waals surface area contributed by atoms with Crippen molar-refractivity contribution in [1.29, 1.82) is 0 Å². The number of aryl methyl sites for hydroxylation is 1. The molecule has 1 aliphatic heterocycles. The van der Waals surface area contributed by atoms with Crippen LogP contribution >= 0.6 is 0 Å². The minimum Gasteiger partial charge on any atom is -0.364 e. The number of likely N-dealkylation sites (tertiary alicyclic amines) is 1. The second-order valence-corrected chi connectivity index (χ2v) is 6.30. The zero-order valence-electron chi connectivity index (χ0n) is 14.0. The van der Waals surface area contributed by atoms with Gasteiger partial charge >= 0.3 is 0 Å². The molecule has 6 heteroatoms. The van der Waals surface area contributed by atoms with Gasteiger partial charge in [-0.15, -0.1) is 0 Å². The number of halogens is 1. The Hall–Kier alpha value is -2.21. The lowest BCUT2D eigenvalue weighted by atomic mass is 9.95. The van der Waals surface area contributed by atoms with Crippen molar-refractivity contribution < 1.29 is 13.9 Å². The van der Waals surface area contributed by atoms with Crippen LogP contribution in [0.4, 0.5) is 4.39 Å². The topological polar surface area (TPSA) is 47.4 Å². The SMILES string of the molecule is CC1CCN(C(=O)COCc2nccn2C)C1c1cccc(F)c1. The quantitative estimate of drug-likeness (QED) is 0.846. The zero-order chi connectivity index (χ0) is 17.1. The van der Waals surface area contributed by atoms with E-state index in [1.54, 1.807) is 17.2 Å². The summed E-state index contributed by atoms with van der Waals surface area (Å²) < 4.78 is 20.9. The largest absolute Gasteiger partial charge is 0.364 e. The number of hydrogen-bond donors (Lipinski definition) is 0. The van der Waals surface area contributed by atoms with Crippen molar-refractivity contribution in [2.75, 3.05) is 13.2 Å². The summed E-state index contributed by atoms with van der Waals surface area (Å²) in [5.74, 6) is 0.734. The Morgan fingerprint density at radius 1 is 1.46 bits per heavy atom. The van der Waals surface area contributed by atoms with Gasteiger partial charge in [0.25, 0.3) is 0 Å². The highest BCUT2D eigenvalue weighted by Gasteiger charge is 2.35. The van der Waals surface area contributed by atoms with Crippen LogP contribution in [0.5, 0.6) is 0 Å². The molecule has 24 heavy (non-hydrogen) atoms. The maximum Gasteiger partial charge on any atom is 0.249 e. The Balaban J connectivity index is 1.63. The molecule has 3 rings (SSSR count). The minimum atomic E-state index is -0.273. The Labute approximate surface area is 141 Å². The lowest BCUT2D eigenvalue weighted by Crippen LogP contribution is -2.34. The number of aromatic nitrogens is 2. The standard InChI is InChI=1S/C18H22FN3O2/c1-13-6-8-22(18(13)14-4-3-5-15(19)10-14)17(23)12-24-11-16-20-7-9-21(16)2/h3-5,7,9-10,13,18H,6,8,11-12H2,1-2H3. The molecule has 5 nitrogen and oxygen atoms in total. The Morgan fingerprint density at radius 3 is 3.00 bits per heavy atom. The monoisotopic (exact) mass is 331 g/mol. The fourth-order valence-corrected chi connectivity index (χ4v) is 3.27. The number of imidazole rings is 1. The van der Waals surface area contributed by atoms with Gasteiger partial charge in [0.05, 0.1) is 6.04 Å². The smallest absolute Gasteiger partial charge is 0.249 e. The third kappa shape index (κ3) is 3.48. The summed E-state index contributed by atoms with van der Waals surface area (Å²) in [4.78, 5) is 18.5. The van der Waals surface area contributed by atoms with Crippen LogP contribution in [0.1, 0.15) is 30.8 Å². The van der Waals surface area contributed by atoms with Gasteiger partial charge in [-0.25, -0.2) is 9.37 Å². The molecule has 1 amide bonds. The van der Waals surface area contributed by atoms with Crippen LogP contribution in [-0.4, -0.2) is 33.5 Å². The van der Waals surface area contributed by atoms with Crippen molar-refractivity contribution in [3.63, 3.8) is 0 Å². The molecule has 1 aromatic carbocycles. The van der Waals surface area contributed by atoms with Crippen molar-refractivity contribution >= 4 is 5.91 Å². The molecule has 2 aromatic rings. The van der Waals surface area contributed by atoms with Crippen molar-refractivity contribution in [3.05, 3.63) is 53.9 Å². The fraction of sp³-hybridized carbons (Fsp3) is 0.444. The molecule has 0 bridgehead atoms. The number of ether oxygens (including phenoxy) is 1.